The molecule has 3 aromatic rings. The number of H-pyrrole nitrogens is 1. The molecular weight excluding hydrogens is 456 g/mol. The number of imide groups is 1. The second kappa shape index (κ2) is 7.93. The molecule has 5 heterocycles. The molecule has 1 spiro atoms. The molecule has 7 rings (SSSR count). The van der Waals surface area contributed by atoms with Crippen molar-refractivity contribution in [1.29, 1.82) is 0 Å². The van der Waals surface area contributed by atoms with Gasteiger partial charge >= 0.3 is 0 Å². The second-order valence-electron chi connectivity index (χ2n) is 10.6. The zero-order valence-corrected chi connectivity index (χ0v) is 20.0. The Labute approximate surface area is 208 Å². The maximum atomic E-state index is 13.2. The fraction of sp³-hybridized carbons (Fsp3) is 0.393. The van der Waals surface area contributed by atoms with Crippen LogP contribution in [0.15, 0.2) is 42.5 Å². The number of aromatic amines is 1. The molecule has 0 radical (unpaired) electrons. The van der Waals surface area contributed by atoms with Gasteiger partial charge in [-0.2, -0.15) is 0 Å². The number of nitrogens with one attached hydrogen (secondary N) is 2. The molecule has 8 heteroatoms. The standard InChI is InChI=1S/C28H28N4O4/c33-25-6-5-23(26(34)30-25)32-14-18-12-21-24(13-20(18)27(32)35)36-16-28(21)7-9-31(10-8-28)15-19-11-17-3-1-2-4-22(17)29-19/h1-4,11-13,23,29H,5-10,14-16H2,(H,30,33,34). The molecule has 1 aromatic heterocycles. The predicted molar refractivity (Wildman–Crippen MR) is 132 cm³/mol. The van der Waals surface area contributed by atoms with Crippen molar-refractivity contribution in [3.8, 4) is 5.75 Å². The minimum atomic E-state index is -0.597. The number of amides is 3. The summed E-state index contributed by atoms with van der Waals surface area (Å²) < 4.78 is 6.16. The smallest absolute Gasteiger partial charge is 0.255 e. The number of piperidine rings is 2. The quantitative estimate of drug-likeness (QED) is 0.558. The Morgan fingerprint density at radius 1 is 1.06 bits per heavy atom. The van der Waals surface area contributed by atoms with E-state index in [-0.39, 0.29) is 29.6 Å². The Morgan fingerprint density at radius 3 is 2.69 bits per heavy atom. The lowest BCUT2D eigenvalue weighted by atomic mass is 9.74. The van der Waals surface area contributed by atoms with Crippen LogP contribution in [0.5, 0.6) is 5.75 Å². The summed E-state index contributed by atoms with van der Waals surface area (Å²) in [4.78, 5) is 44.7. The van der Waals surface area contributed by atoms with Crippen molar-refractivity contribution in [1.82, 2.24) is 20.1 Å². The zero-order valence-electron chi connectivity index (χ0n) is 20.0. The molecule has 2 saturated heterocycles. The molecule has 4 aliphatic heterocycles. The largest absolute Gasteiger partial charge is 0.492 e. The third-order valence-corrected chi connectivity index (χ3v) is 8.49. The fourth-order valence-corrected chi connectivity index (χ4v) is 6.44. The van der Waals surface area contributed by atoms with Crippen molar-refractivity contribution in [3.63, 3.8) is 0 Å². The monoisotopic (exact) mass is 484 g/mol. The van der Waals surface area contributed by atoms with Gasteiger partial charge in [0.05, 0.1) is 6.61 Å². The van der Waals surface area contributed by atoms with Gasteiger partial charge in [0.1, 0.15) is 11.8 Å². The van der Waals surface area contributed by atoms with E-state index in [1.54, 1.807) is 4.90 Å². The van der Waals surface area contributed by atoms with Crippen LogP contribution < -0.4 is 10.1 Å². The van der Waals surface area contributed by atoms with Gasteiger partial charge in [0.2, 0.25) is 11.8 Å². The second-order valence-corrected chi connectivity index (χ2v) is 10.6. The lowest BCUT2D eigenvalue weighted by Crippen LogP contribution is -2.52. The molecular formula is C28H28N4O4. The number of nitrogens with zero attached hydrogens (tertiary/aromatic N) is 2. The lowest BCUT2D eigenvalue weighted by molar-refractivity contribution is -0.136. The van der Waals surface area contributed by atoms with Crippen LogP contribution in [0.3, 0.4) is 0 Å². The van der Waals surface area contributed by atoms with E-state index in [0.29, 0.717) is 25.1 Å². The summed E-state index contributed by atoms with van der Waals surface area (Å²) in [6, 6.07) is 14.0. The van der Waals surface area contributed by atoms with Crippen LogP contribution in [0, 0.1) is 0 Å². The molecule has 4 aliphatic rings. The van der Waals surface area contributed by atoms with Crippen molar-refractivity contribution in [2.45, 2.75) is 50.2 Å². The van der Waals surface area contributed by atoms with Gasteiger partial charge in [-0.1, -0.05) is 18.2 Å². The van der Waals surface area contributed by atoms with Crippen LogP contribution in [-0.4, -0.2) is 58.2 Å². The third kappa shape index (κ3) is 3.35. The third-order valence-electron chi connectivity index (χ3n) is 8.49. The summed E-state index contributed by atoms with van der Waals surface area (Å²) in [5.74, 6) is -0.00286. The normalized spacial score (nSPS) is 23.2. The molecule has 2 aromatic carbocycles. The van der Waals surface area contributed by atoms with Gasteiger partial charge in [-0.25, -0.2) is 0 Å². The topological polar surface area (TPSA) is 94.7 Å². The number of aromatic nitrogens is 1. The number of likely N-dealkylation sites (tertiary alicyclic amines) is 1. The summed E-state index contributed by atoms with van der Waals surface area (Å²) >= 11 is 0. The van der Waals surface area contributed by atoms with Crippen LogP contribution >= 0.6 is 0 Å². The highest BCUT2D eigenvalue weighted by molar-refractivity contribution is 6.05. The first-order valence-electron chi connectivity index (χ1n) is 12.7. The van der Waals surface area contributed by atoms with E-state index in [1.165, 1.54) is 22.2 Å². The molecule has 2 N–H and O–H groups in total. The molecule has 1 atom stereocenters. The van der Waals surface area contributed by atoms with Crippen molar-refractivity contribution >= 4 is 28.6 Å². The Morgan fingerprint density at radius 2 is 1.89 bits per heavy atom. The van der Waals surface area contributed by atoms with Gasteiger partial charge in [-0.15, -0.1) is 0 Å². The molecule has 0 saturated carbocycles. The van der Waals surface area contributed by atoms with E-state index >= 15 is 0 Å². The average Bonchev–Trinajstić information content (AvgIpc) is 3.53. The molecule has 0 bridgehead atoms. The Hall–Kier alpha value is -3.65. The van der Waals surface area contributed by atoms with Crippen LogP contribution in [0.1, 0.15) is 52.9 Å². The van der Waals surface area contributed by atoms with E-state index in [9.17, 15) is 14.4 Å². The van der Waals surface area contributed by atoms with Crippen molar-refractivity contribution in [2.24, 2.45) is 0 Å². The number of fused-ring (bicyclic) bond motifs is 4. The van der Waals surface area contributed by atoms with Crippen LogP contribution in [-0.2, 0) is 28.1 Å². The van der Waals surface area contributed by atoms with Crippen molar-refractivity contribution < 1.29 is 19.1 Å². The highest BCUT2D eigenvalue weighted by Crippen LogP contribution is 2.48. The first-order valence-corrected chi connectivity index (χ1v) is 12.7. The number of carbonyl (C=O) groups is 3. The van der Waals surface area contributed by atoms with Gasteiger partial charge in [-0.05, 0) is 67.6 Å². The van der Waals surface area contributed by atoms with Gasteiger partial charge in [0, 0.05) is 47.3 Å². The first-order chi connectivity index (χ1) is 17.5. The molecule has 1 unspecified atom stereocenters. The summed E-state index contributed by atoms with van der Waals surface area (Å²) in [5, 5.41) is 3.62. The van der Waals surface area contributed by atoms with Crippen LogP contribution in [0.25, 0.3) is 10.9 Å². The fourth-order valence-electron chi connectivity index (χ4n) is 6.44. The van der Waals surface area contributed by atoms with Gasteiger partial charge < -0.3 is 14.6 Å². The van der Waals surface area contributed by atoms with E-state index in [0.717, 1.165) is 43.8 Å². The molecule has 8 nitrogen and oxygen atoms in total. The maximum Gasteiger partial charge on any atom is 0.255 e. The molecule has 184 valence electrons. The van der Waals surface area contributed by atoms with Crippen molar-refractivity contribution in [2.75, 3.05) is 19.7 Å². The van der Waals surface area contributed by atoms with Gasteiger partial charge in [0.25, 0.3) is 5.91 Å². The van der Waals surface area contributed by atoms with E-state index < -0.39 is 6.04 Å². The summed E-state index contributed by atoms with van der Waals surface area (Å²) in [6.07, 6.45) is 2.64. The Kier molecular flexibility index (Phi) is 4.76. The van der Waals surface area contributed by atoms with E-state index in [4.69, 9.17) is 4.74 Å². The Bertz CT molecular complexity index is 1390. The molecule has 0 aliphatic carbocycles. The van der Waals surface area contributed by atoms with Gasteiger partial charge in [-0.3, -0.25) is 24.6 Å². The number of ether oxygens (including phenoxy) is 1. The molecule has 36 heavy (non-hydrogen) atoms. The van der Waals surface area contributed by atoms with E-state index in [2.05, 4.69) is 51.6 Å². The highest BCUT2D eigenvalue weighted by Gasteiger charge is 2.46. The lowest BCUT2D eigenvalue weighted by Gasteiger charge is -2.38. The Balaban J connectivity index is 1.08. The van der Waals surface area contributed by atoms with Gasteiger partial charge in [0.15, 0.2) is 0 Å². The number of hydrogen-bond acceptors (Lipinski definition) is 5. The summed E-state index contributed by atoms with van der Waals surface area (Å²) in [7, 11) is 0. The number of rotatable bonds is 3. The predicted octanol–water partition coefficient (Wildman–Crippen LogP) is 2.86. The molecule has 2 fully saturated rings. The highest BCUT2D eigenvalue weighted by atomic mass is 16.5. The SMILES string of the molecule is O=C1CCC(N2Cc3cc4c(cc3C2=O)OCC42CCN(Cc3cc4ccccc4[nH]3)CC2)C(=O)N1. The minimum Gasteiger partial charge on any atom is -0.492 e. The summed E-state index contributed by atoms with van der Waals surface area (Å²) in [5.41, 5.74) is 5.14. The van der Waals surface area contributed by atoms with Crippen LogP contribution in [0.2, 0.25) is 0 Å². The first kappa shape index (κ1) is 21.6. The number of hydrogen-bond donors (Lipinski definition) is 2. The number of benzene rings is 2. The number of para-hydroxylation sites is 1. The number of carbonyl (C=O) groups excluding carboxylic acids is 3. The molecule has 3 amide bonds. The minimum absolute atomic E-state index is 0.0353. The zero-order chi connectivity index (χ0) is 24.4. The average molecular weight is 485 g/mol. The summed E-state index contributed by atoms with van der Waals surface area (Å²) in [6.45, 7) is 3.91. The van der Waals surface area contributed by atoms with Crippen molar-refractivity contribution in [3.05, 3.63) is 64.8 Å². The van der Waals surface area contributed by atoms with E-state index in [1.807, 2.05) is 6.07 Å². The maximum absolute atomic E-state index is 13.2. The van der Waals surface area contributed by atoms with Crippen LogP contribution in [0.4, 0.5) is 0 Å².